The number of benzene rings is 1. The second-order valence-corrected chi connectivity index (χ2v) is 8.20. The summed E-state index contributed by atoms with van der Waals surface area (Å²) in [4.78, 5) is 4.40. The normalized spacial score (nSPS) is 16.1. The van der Waals surface area contributed by atoms with Crippen LogP contribution in [0.3, 0.4) is 0 Å². The van der Waals surface area contributed by atoms with Crippen LogP contribution in [0.2, 0.25) is 5.02 Å². The average Bonchev–Trinajstić information content (AvgIpc) is 3.05. The Hall–Kier alpha value is -1.32. The van der Waals surface area contributed by atoms with Crippen molar-refractivity contribution >= 4 is 41.5 Å². The number of guanidine groups is 1. The van der Waals surface area contributed by atoms with Crippen LogP contribution in [0, 0.1) is 13.8 Å². The molecule has 0 spiro atoms. The molecule has 2 aromatic rings. The molecule has 1 aliphatic heterocycles. The van der Waals surface area contributed by atoms with Crippen LogP contribution in [0.25, 0.3) is 0 Å². The number of aryl methyl sites for hydroxylation is 3. The quantitative estimate of drug-likeness (QED) is 0.238. The predicted molar refractivity (Wildman–Crippen MR) is 134 cm³/mol. The van der Waals surface area contributed by atoms with Crippen LogP contribution in [0.1, 0.15) is 36.2 Å². The number of nitrogens with zero attached hydrogens (tertiary/aromatic N) is 3. The van der Waals surface area contributed by atoms with Gasteiger partial charge in [0.1, 0.15) is 0 Å². The number of hydrogen-bond donors (Lipinski definition) is 2. The Morgan fingerprint density at radius 3 is 2.63 bits per heavy atom. The minimum Gasteiger partial charge on any atom is -0.381 e. The fourth-order valence-corrected chi connectivity index (χ4v) is 4.15. The van der Waals surface area contributed by atoms with Crippen molar-refractivity contribution in [3.63, 3.8) is 0 Å². The van der Waals surface area contributed by atoms with Gasteiger partial charge >= 0.3 is 0 Å². The predicted octanol–water partition coefficient (Wildman–Crippen LogP) is 4.07. The van der Waals surface area contributed by atoms with Crippen molar-refractivity contribution in [1.82, 2.24) is 20.4 Å². The topological polar surface area (TPSA) is 63.5 Å². The number of halogens is 2. The van der Waals surface area contributed by atoms with Crippen molar-refractivity contribution < 1.29 is 4.74 Å². The smallest absolute Gasteiger partial charge is 0.191 e. The van der Waals surface area contributed by atoms with Gasteiger partial charge in [0, 0.05) is 56.0 Å². The number of ether oxygens (including phenoxy) is 1. The third-order valence-electron chi connectivity index (χ3n) is 5.65. The van der Waals surface area contributed by atoms with Crippen LogP contribution in [-0.4, -0.2) is 49.1 Å². The molecule has 166 valence electrons. The molecule has 1 aliphatic rings. The van der Waals surface area contributed by atoms with Gasteiger partial charge in [0.15, 0.2) is 5.96 Å². The number of nitrogens with one attached hydrogen (secondary N) is 2. The zero-order valence-corrected chi connectivity index (χ0v) is 21.2. The molecule has 0 saturated carbocycles. The van der Waals surface area contributed by atoms with Gasteiger partial charge in [0.2, 0.25) is 0 Å². The van der Waals surface area contributed by atoms with Gasteiger partial charge in [0.05, 0.1) is 5.69 Å². The van der Waals surface area contributed by atoms with Gasteiger partial charge in [-0.15, -0.1) is 24.0 Å². The molecule has 3 rings (SSSR count). The molecule has 0 aliphatic carbocycles. The lowest BCUT2D eigenvalue weighted by atomic mass is 9.74. The van der Waals surface area contributed by atoms with Crippen LogP contribution in [0.5, 0.6) is 0 Å². The van der Waals surface area contributed by atoms with E-state index in [9.17, 15) is 0 Å². The van der Waals surface area contributed by atoms with E-state index in [1.165, 1.54) is 11.3 Å². The summed E-state index contributed by atoms with van der Waals surface area (Å²) in [6, 6.07) is 10.3. The molecule has 1 fully saturated rings. The molecule has 8 heteroatoms. The fraction of sp³-hybridized carbons (Fsp3) is 0.545. The third-order valence-corrected chi connectivity index (χ3v) is 5.88. The molecule has 0 radical (unpaired) electrons. The van der Waals surface area contributed by atoms with Crippen LogP contribution in [0.15, 0.2) is 35.3 Å². The van der Waals surface area contributed by atoms with E-state index in [2.05, 4.69) is 50.5 Å². The first kappa shape index (κ1) is 24.9. The number of aliphatic imine (C=N–C) groups is 1. The summed E-state index contributed by atoms with van der Waals surface area (Å²) < 4.78 is 7.69. The maximum Gasteiger partial charge on any atom is 0.191 e. The molecule has 1 saturated heterocycles. The molecule has 1 aromatic heterocycles. The summed E-state index contributed by atoms with van der Waals surface area (Å²) in [5, 5.41) is 12.2. The second-order valence-electron chi connectivity index (χ2n) is 7.76. The molecule has 0 unspecified atom stereocenters. The Bertz CT molecular complexity index is 833. The summed E-state index contributed by atoms with van der Waals surface area (Å²) in [5.41, 5.74) is 3.54. The highest BCUT2D eigenvalue weighted by molar-refractivity contribution is 14.0. The fourth-order valence-electron chi connectivity index (χ4n) is 3.96. The van der Waals surface area contributed by atoms with E-state index >= 15 is 0 Å². The summed E-state index contributed by atoms with van der Waals surface area (Å²) in [6.45, 7) is 8.19. The van der Waals surface area contributed by atoms with E-state index in [0.29, 0.717) is 0 Å². The summed E-state index contributed by atoms with van der Waals surface area (Å²) in [5.74, 6) is 0.825. The van der Waals surface area contributed by atoms with Gasteiger partial charge in [0.25, 0.3) is 0 Å². The molecule has 2 heterocycles. The van der Waals surface area contributed by atoms with E-state index in [1.807, 2.05) is 26.1 Å². The maximum atomic E-state index is 6.27. The Balaban J connectivity index is 0.00000320. The van der Waals surface area contributed by atoms with Crippen molar-refractivity contribution in [2.24, 2.45) is 4.99 Å². The Morgan fingerprint density at radius 2 is 2.00 bits per heavy atom. The van der Waals surface area contributed by atoms with Crippen molar-refractivity contribution in [3.8, 4) is 0 Å². The second kappa shape index (κ2) is 11.9. The first-order valence-corrected chi connectivity index (χ1v) is 10.7. The molecule has 2 N–H and O–H groups in total. The molecule has 0 bridgehead atoms. The lowest BCUT2D eigenvalue weighted by Gasteiger charge is -2.38. The van der Waals surface area contributed by atoms with E-state index in [4.69, 9.17) is 16.3 Å². The van der Waals surface area contributed by atoms with E-state index in [-0.39, 0.29) is 29.4 Å². The van der Waals surface area contributed by atoms with Crippen molar-refractivity contribution in [3.05, 3.63) is 52.3 Å². The van der Waals surface area contributed by atoms with E-state index < -0.39 is 0 Å². The molecule has 0 atom stereocenters. The highest BCUT2D eigenvalue weighted by Gasteiger charge is 2.34. The largest absolute Gasteiger partial charge is 0.381 e. The third kappa shape index (κ3) is 6.59. The Labute approximate surface area is 201 Å². The molecular weight excluding hydrogens is 513 g/mol. The highest BCUT2D eigenvalue weighted by Crippen LogP contribution is 2.35. The van der Waals surface area contributed by atoms with Crippen molar-refractivity contribution in [2.75, 3.05) is 33.4 Å². The van der Waals surface area contributed by atoms with Gasteiger partial charge < -0.3 is 15.4 Å². The number of rotatable bonds is 7. The maximum absolute atomic E-state index is 6.27. The van der Waals surface area contributed by atoms with Crippen LogP contribution < -0.4 is 10.6 Å². The minimum absolute atomic E-state index is 0. The summed E-state index contributed by atoms with van der Waals surface area (Å²) >= 11 is 6.27. The van der Waals surface area contributed by atoms with Crippen molar-refractivity contribution in [1.29, 1.82) is 0 Å². The van der Waals surface area contributed by atoms with Gasteiger partial charge in [-0.2, -0.15) is 5.10 Å². The number of aromatic nitrogens is 2. The summed E-state index contributed by atoms with van der Waals surface area (Å²) in [6.07, 6.45) is 2.92. The first-order chi connectivity index (χ1) is 14.0. The monoisotopic (exact) mass is 545 g/mol. The SMILES string of the molecule is CN=C(NCCCn1nc(C)cc1C)NCC1(c2cccc(Cl)c2)CCOCC1.I. The number of hydrogen-bond acceptors (Lipinski definition) is 3. The zero-order chi connectivity index (χ0) is 20.7. The van der Waals surface area contributed by atoms with E-state index in [1.54, 1.807) is 0 Å². The molecular formula is C22H33ClIN5O. The van der Waals surface area contributed by atoms with Gasteiger partial charge in [-0.25, -0.2) is 0 Å². The minimum atomic E-state index is 0. The average molecular weight is 546 g/mol. The lowest BCUT2D eigenvalue weighted by Crippen LogP contribution is -2.48. The van der Waals surface area contributed by atoms with Gasteiger partial charge in [-0.1, -0.05) is 23.7 Å². The molecule has 30 heavy (non-hydrogen) atoms. The van der Waals surface area contributed by atoms with Crippen LogP contribution in [-0.2, 0) is 16.7 Å². The first-order valence-electron chi connectivity index (χ1n) is 10.3. The van der Waals surface area contributed by atoms with Gasteiger partial charge in [-0.3, -0.25) is 9.67 Å². The Morgan fingerprint density at radius 1 is 1.23 bits per heavy atom. The molecule has 1 aromatic carbocycles. The molecule has 6 nitrogen and oxygen atoms in total. The Kier molecular flexibility index (Phi) is 9.90. The highest BCUT2D eigenvalue weighted by atomic mass is 127. The lowest BCUT2D eigenvalue weighted by molar-refractivity contribution is 0.0514. The molecule has 0 amide bonds. The zero-order valence-electron chi connectivity index (χ0n) is 18.1. The summed E-state index contributed by atoms with van der Waals surface area (Å²) in [7, 11) is 1.81. The van der Waals surface area contributed by atoms with Crippen molar-refractivity contribution in [2.45, 2.75) is 45.1 Å². The van der Waals surface area contributed by atoms with E-state index in [0.717, 1.165) is 68.8 Å². The van der Waals surface area contributed by atoms with Gasteiger partial charge in [-0.05, 0) is 56.9 Å². The van der Waals surface area contributed by atoms with Crippen LogP contribution in [0.4, 0.5) is 0 Å². The standard InChI is InChI=1S/C22H32ClN5O.HI/c1-17-14-18(2)28(27-17)11-5-10-25-21(24-3)26-16-22(8-12-29-13-9-22)19-6-4-7-20(23)15-19;/h4,6-7,14-15H,5,8-13,16H2,1-3H3,(H2,24,25,26);1H. The van der Waals surface area contributed by atoms with Crippen LogP contribution >= 0.6 is 35.6 Å².